The number of hydrogen-bond acceptors (Lipinski definition) is 5. The Morgan fingerprint density at radius 2 is 1.57 bits per heavy atom. The summed E-state index contributed by atoms with van der Waals surface area (Å²) >= 11 is 0. The van der Waals surface area contributed by atoms with E-state index in [9.17, 15) is 19.7 Å². The lowest BCUT2D eigenvalue weighted by atomic mass is 9.80. The Bertz CT molecular complexity index is 961. The molecule has 1 aliphatic heterocycles. The fourth-order valence-corrected chi connectivity index (χ4v) is 3.36. The van der Waals surface area contributed by atoms with E-state index >= 15 is 0 Å². The van der Waals surface area contributed by atoms with Gasteiger partial charge in [0, 0.05) is 48.1 Å². The zero-order chi connectivity index (χ0) is 20.3. The number of hydrogen-bond donors (Lipinski definition) is 0. The third-order valence-electron chi connectivity index (χ3n) is 4.67. The number of allylic oxidation sites excluding steroid dienone is 2. The van der Waals surface area contributed by atoms with Gasteiger partial charge in [-0.1, -0.05) is 42.5 Å². The number of nitro groups is 1. The van der Waals surface area contributed by atoms with Gasteiger partial charge >= 0.3 is 0 Å². The highest BCUT2D eigenvalue weighted by Gasteiger charge is 2.31. The van der Waals surface area contributed by atoms with E-state index in [1.807, 2.05) is 35.2 Å². The van der Waals surface area contributed by atoms with Crippen molar-refractivity contribution < 1.29 is 14.5 Å². The van der Waals surface area contributed by atoms with Crippen molar-refractivity contribution in [3.05, 3.63) is 99.4 Å². The van der Waals surface area contributed by atoms with Crippen molar-refractivity contribution in [3.8, 4) is 0 Å². The summed E-state index contributed by atoms with van der Waals surface area (Å²) in [6.07, 6.45) is 3.45. The minimum atomic E-state index is -0.623. The molecule has 0 amide bonds. The van der Waals surface area contributed by atoms with E-state index in [0.29, 0.717) is 23.3 Å². The SMILES string of the molecule is CC(=O)C1=CN(Cc2ccccc2)C=C(C(C)=O)C1c1cccc([N+](=O)[O-])c1. The molecule has 2 aromatic rings. The standard InChI is InChI=1S/C22H20N2O4/c1-15(25)20-13-23(12-17-7-4-3-5-8-17)14-21(16(2)26)22(20)18-9-6-10-19(11-18)24(27)28/h3-11,13-14,22H,12H2,1-2H3. The summed E-state index contributed by atoms with van der Waals surface area (Å²) in [5.74, 6) is -0.982. The van der Waals surface area contributed by atoms with Crippen LogP contribution in [0.25, 0.3) is 0 Å². The third-order valence-corrected chi connectivity index (χ3v) is 4.67. The summed E-state index contributed by atoms with van der Waals surface area (Å²) in [7, 11) is 0. The average molecular weight is 376 g/mol. The van der Waals surface area contributed by atoms with E-state index in [1.54, 1.807) is 24.5 Å². The van der Waals surface area contributed by atoms with Crippen LogP contribution in [0, 0.1) is 10.1 Å². The number of rotatable bonds is 6. The van der Waals surface area contributed by atoms with E-state index in [-0.39, 0.29) is 17.3 Å². The molecule has 2 aromatic carbocycles. The minimum Gasteiger partial charge on any atom is -0.349 e. The van der Waals surface area contributed by atoms with E-state index in [2.05, 4.69) is 0 Å². The molecule has 0 radical (unpaired) electrons. The normalized spacial score (nSPS) is 14.3. The number of benzene rings is 2. The second kappa shape index (κ2) is 8.00. The van der Waals surface area contributed by atoms with Crippen molar-refractivity contribution in [1.82, 2.24) is 4.90 Å². The first-order valence-corrected chi connectivity index (χ1v) is 8.86. The second-order valence-electron chi connectivity index (χ2n) is 6.72. The highest BCUT2D eigenvalue weighted by molar-refractivity contribution is 6.02. The van der Waals surface area contributed by atoms with Crippen LogP contribution in [0.3, 0.4) is 0 Å². The molecule has 0 fully saturated rings. The van der Waals surface area contributed by atoms with Gasteiger partial charge in [0.1, 0.15) is 0 Å². The Morgan fingerprint density at radius 3 is 2.11 bits per heavy atom. The van der Waals surface area contributed by atoms with Gasteiger partial charge in [-0.15, -0.1) is 0 Å². The maximum absolute atomic E-state index is 12.4. The van der Waals surface area contributed by atoms with E-state index in [1.165, 1.54) is 26.0 Å². The van der Waals surface area contributed by atoms with Crippen LogP contribution in [-0.4, -0.2) is 21.4 Å². The number of Topliss-reactive ketones (excluding diaryl/α,β-unsaturated/α-hetero) is 2. The summed E-state index contributed by atoms with van der Waals surface area (Å²) in [6, 6.07) is 15.8. The van der Waals surface area contributed by atoms with Crippen LogP contribution in [-0.2, 0) is 16.1 Å². The molecule has 0 aromatic heterocycles. The zero-order valence-corrected chi connectivity index (χ0v) is 15.7. The Balaban J connectivity index is 2.06. The Kier molecular flexibility index (Phi) is 5.49. The predicted molar refractivity (Wildman–Crippen MR) is 105 cm³/mol. The van der Waals surface area contributed by atoms with Gasteiger partial charge in [-0.3, -0.25) is 19.7 Å². The van der Waals surface area contributed by atoms with Crippen molar-refractivity contribution in [1.29, 1.82) is 0 Å². The van der Waals surface area contributed by atoms with Gasteiger partial charge in [-0.05, 0) is 25.0 Å². The molecule has 6 nitrogen and oxygen atoms in total. The first-order valence-electron chi connectivity index (χ1n) is 8.86. The summed E-state index contributed by atoms with van der Waals surface area (Å²) in [6.45, 7) is 3.40. The molecule has 0 bridgehead atoms. The molecule has 1 heterocycles. The summed E-state index contributed by atoms with van der Waals surface area (Å²) in [5, 5.41) is 11.2. The number of nitrogens with zero attached hydrogens (tertiary/aromatic N) is 2. The van der Waals surface area contributed by atoms with Crippen LogP contribution in [0.2, 0.25) is 0 Å². The van der Waals surface area contributed by atoms with Gasteiger partial charge in [0.05, 0.1) is 4.92 Å². The molecule has 142 valence electrons. The van der Waals surface area contributed by atoms with Gasteiger partial charge < -0.3 is 4.90 Å². The number of nitro benzene ring substituents is 1. The zero-order valence-electron chi connectivity index (χ0n) is 15.7. The van der Waals surface area contributed by atoms with Crippen LogP contribution >= 0.6 is 0 Å². The monoisotopic (exact) mass is 376 g/mol. The van der Waals surface area contributed by atoms with Crippen molar-refractivity contribution in [2.24, 2.45) is 0 Å². The fourth-order valence-electron chi connectivity index (χ4n) is 3.36. The molecule has 3 rings (SSSR count). The number of carbonyl (C=O) groups is 2. The predicted octanol–water partition coefficient (Wildman–Crippen LogP) is 4.14. The number of carbonyl (C=O) groups excluding carboxylic acids is 2. The molecular formula is C22H20N2O4. The van der Waals surface area contributed by atoms with E-state index in [4.69, 9.17) is 0 Å². The molecule has 28 heavy (non-hydrogen) atoms. The van der Waals surface area contributed by atoms with Crippen molar-refractivity contribution >= 4 is 17.3 Å². The average Bonchev–Trinajstić information content (AvgIpc) is 2.68. The first-order chi connectivity index (χ1) is 13.4. The molecule has 0 N–H and O–H groups in total. The van der Waals surface area contributed by atoms with Crippen LogP contribution < -0.4 is 0 Å². The third kappa shape index (κ3) is 4.06. The Morgan fingerprint density at radius 1 is 0.964 bits per heavy atom. The Labute approximate surface area is 162 Å². The van der Waals surface area contributed by atoms with Crippen LogP contribution in [0.4, 0.5) is 5.69 Å². The summed E-state index contributed by atoms with van der Waals surface area (Å²) in [4.78, 5) is 37.3. The molecule has 0 aliphatic carbocycles. The molecule has 1 aliphatic rings. The smallest absolute Gasteiger partial charge is 0.269 e. The molecule has 0 saturated carbocycles. The lowest BCUT2D eigenvalue weighted by molar-refractivity contribution is -0.384. The Hall–Kier alpha value is -3.54. The van der Waals surface area contributed by atoms with E-state index < -0.39 is 10.8 Å². The summed E-state index contributed by atoms with van der Waals surface area (Å²) in [5.41, 5.74) is 2.38. The van der Waals surface area contributed by atoms with E-state index in [0.717, 1.165) is 5.56 Å². The van der Waals surface area contributed by atoms with Gasteiger partial charge in [0.25, 0.3) is 5.69 Å². The molecular weight excluding hydrogens is 356 g/mol. The quantitative estimate of drug-likeness (QED) is 0.559. The van der Waals surface area contributed by atoms with Crippen molar-refractivity contribution in [2.75, 3.05) is 0 Å². The lowest BCUT2D eigenvalue weighted by Crippen LogP contribution is -2.26. The molecule has 6 heteroatoms. The van der Waals surface area contributed by atoms with Gasteiger partial charge in [-0.25, -0.2) is 0 Å². The molecule has 0 unspecified atom stereocenters. The fraction of sp³-hybridized carbons (Fsp3) is 0.182. The maximum atomic E-state index is 12.4. The topological polar surface area (TPSA) is 80.5 Å². The first kappa shape index (κ1) is 19.2. The molecule has 0 spiro atoms. The van der Waals surface area contributed by atoms with Gasteiger partial charge in [-0.2, -0.15) is 0 Å². The summed E-state index contributed by atoms with van der Waals surface area (Å²) < 4.78 is 0. The van der Waals surface area contributed by atoms with Crippen molar-refractivity contribution in [3.63, 3.8) is 0 Å². The van der Waals surface area contributed by atoms with Gasteiger partial charge in [0.2, 0.25) is 0 Å². The van der Waals surface area contributed by atoms with Crippen LogP contribution in [0.5, 0.6) is 0 Å². The van der Waals surface area contributed by atoms with Crippen LogP contribution in [0.1, 0.15) is 30.9 Å². The highest BCUT2D eigenvalue weighted by Crippen LogP contribution is 2.38. The second-order valence-corrected chi connectivity index (χ2v) is 6.72. The molecule has 0 saturated heterocycles. The number of ketones is 2. The largest absolute Gasteiger partial charge is 0.349 e. The highest BCUT2D eigenvalue weighted by atomic mass is 16.6. The number of non-ortho nitro benzene ring substituents is 1. The molecule has 0 atom stereocenters. The minimum absolute atomic E-state index is 0.0741. The van der Waals surface area contributed by atoms with Crippen molar-refractivity contribution in [2.45, 2.75) is 26.3 Å². The van der Waals surface area contributed by atoms with Crippen LogP contribution in [0.15, 0.2) is 78.1 Å². The van der Waals surface area contributed by atoms with Gasteiger partial charge in [0.15, 0.2) is 11.6 Å². The maximum Gasteiger partial charge on any atom is 0.269 e. The lowest BCUT2D eigenvalue weighted by Gasteiger charge is -2.30.